The third-order valence-corrected chi connectivity index (χ3v) is 4.58. The fourth-order valence-electron chi connectivity index (χ4n) is 2.42. The van der Waals surface area contributed by atoms with Gasteiger partial charge in [0.2, 0.25) is 0 Å². The molecule has 0 aromatic carbocycles. The molecule has 0 rings (SSSR count). The van der Waals surface area contributed by atoms with Gasteiger partial charge in [0.15, 0.2) is 0 Å². The van der Waals surface area contributed by atoms with Crippen LogP contribution >= 0.6 is 0 Å². The molecule has 168 valence electrons. The third kappa shape index (κ3) is 12.4. The average molecular weight is 441 g/mol. The van der Waals surface area contributed by atoms with Gasteiger partial charge in [-0.2, -0.15) is 21.6 Å². The van der Waals surface area contributed by atoms with Crippen molar-refractivity contribution in [2.24, 2.45) is 5.92 Å². The van der Waals surface area contributed by atoms with Crippen molar-refractivity contribution in [1.82, 2.24) is 0 Å². The average Bonchev–Trinajstić information content (AvgIpc) is 2.52. The minimum Gasteiger partial charge on any atom is -0.463 e. The summed E-state index contributed by atoms with van der Waals surface area (Å²) in [6.45, 7) is 9.62. The van der Waals surface area contributed by atoms with Crippen molar-refractivity contribution in [2.75, 3.05) is 6.61 Å². The van der Waals surface area contributed by atoms with Crippen molar-refractivity contribution in [3.05, 3.63) is 35.1 Å². The number of carbonyl (C=O) groups is 1. The number of alkyl halides is 3. The smallest absolute Gasteiger partial charge is 0.463 e. The highest BCUT2D eigenvalue weighted by molar-refractivity contribution is 7.87. The summed E-state index contributed by atoms with van der Waals surface area (Å²) < 4.78 is 69.2. The van der Waals surface area contributed by atoms with E-state index in [-0.39, 0.29) is 19.4 Å². The zero-order valence-electron chi connectivity index (χ0n) is 17.6. The Kier molecular flexibility index (Phi) is 11.9. The number of hydrogen-bond acceptors (Lipinski definition) is 5. The zero-order valence-corrected chi connectivity index (χ0v) is 18.5. The number of allylic oxidation sites excluding steroid dienone is 5. The van der Waals surface area contributed by atoms with E-state index in [0.717, 1.165) is 24.8 Å². The van der Waals surface area contributed by atoms with Crippen LogP contribution in [0.1, 0.15) is 66.7 Å². The standard InChI is InChI=1S/C20H31F3O5S/c1-6-27-19(24)14-18(28-29(25,26)20(21,22)23)12-8-11-17(13-16(4)5)10-7-9-15(2)3/h9,11,14,16H,6-8,10,12-13H2,1-5H3/b17-11-,18-14-. The maximum absolute atomic E-state index is 12.6. The van der Waals surface area contributed by atoms with Crippen molar-refractivity contribution in [3.63, 3.8) is 0 Å². The van der Waals surface area contributed by atoms with Crippen LogP contribution in [0.25, 0.3) is 0 Å². The predicted octanol–water partition coefficient (Wildman–Crippen LogP) is 5.80. The van der Waals surface area contributed by atoms with E-state index in [1.54, 1.807) is 0 Å². The second-order valence-electron chi connectivity index (χ2n) is 7.17. The Morgan fingerprint density at radius 2 is 1.66 bits per heavy atom. The van der Waals surface area contributed by atoms with Crippen molar-refractivity contribution < 1.29 is 35.3 Å². The first-order valence-corrected chi connectivity index (χ1v) is 10.9. The van der Waals surface area contributed by atoms with E-state index in [4.69, 9.17) is 0 Å². The monoisotopic (exact) mass is 440 g/mol. The Hall–Kier alpha value is -1.77. The number of hydrogen-bond donors (Lipinski definition) is 0. The summed E-state index contributed by atoms with van der Waals surface area (Å²) >= 11 is 0. The normalized spacial score (nSPS) is 13.4. The van der Waals surface area contributed by atoms with Crippen LogP contribution in [-0.4, -0.2) is 26.5 Å². The molecule has 0 amide bonds. The van der Waals surface area contributed by atoms with Gasteiger partial charge >= 0.3 is 21.6 Å². The van der Waals surface area contributed by atoms with Gasteiger partial charge < -0.3 is 8.92 Å². The Morgan fingerprint density at radius 3 is 2.14 bits per heavy atom. The summed E-state index contributed by atoms with van der Waals surface area (Å²) in [7, 11) is -5.86. The van der Waals surface area contributed by atoms with Crippen molar-refractivity contribution in [2.45, 2.75) is 72.2 Å². The molecule has 0 aliphatic carbocycles. The van der Waals surface area contributed by atoms with Gasteiger partial charge in [-0.15, -0.1) is 0 Å². The first-order chi connectivity index (χ1) is 13.3. The zero-order chi connectivity index (χ0) is 22.7. The van der Waals surface area contributed by atoms with Gasteiger partial charge in [0.05, 0.1) is 12.7 Å². The van der Waals surface area contributed by atoms with Crippen LogP contribution in [0.3, 0.4) is 0 Å². The first kappa shape index (κ1) is 27.2. The van der Waals surface area contributed by atoms with Gasteiger partial charge in [-0.25, -0.2) is 4.79 Å². The van der Waals surface area contributed by atoms with Gasteiger partial charge in [0.1, 0.15) is 5.76 Å². The molecule has 5 nitrogen and oxygen atoms in total. The van der Waals surface area contributed by atoms with E-state index in [1.165, 1.54) is 12.5 Å². The van der Waals surface area contributed by atoms with Crippen molar-refractivity contribution >= 4 is 16.1 Å². The molecule has 0 spiro atoms. The maximum atomic E-state index is 12.6. The molecule has 0 N–H and O–H groups in total. The third-order valence-electron chi connectivity index (χ3n) is 3.58. The molecule has 0 bridgehead atoms. The van der Waals surface area contributed by atoms with Gasteiger partial charge in [-0.05, 0) is 52.4 Å². The molecule has 0 unspecified atom stereocenters. The van der Waals surface area contributed by atoms with Gasteiger partial charge in [-0.1, -0.05) is 37.1 Å². The molecule has 0 atom stereocenters. The van der Waals surface area contributed by atoms with Gasteiger partial charge in [0.25, 0.3) is 0 Å². The lowest BCUT2D eigenvalue weighted by Gasteiger charge is -2.13. The maximum Gasteiger partial charge on any atom is 0.534 e. The molecule has 0 aromatic heterocycles. The van der Waals surface area contributed by atoms with Gasteiger partial charge in [-0.3, -0.25) is 0 Å². The molecular formula is C20H31F3O5S. The molecule has 0 saturated carbocycles. The molecule has 0 heterocycles. The van der Waals surface area contributed by atoms with Crippen LogP contribution in [-0.2, 0) is 23.8 Å². The number of ether oxygens (including phenoxy) is 1. The Balaban J connectivity index is 5.36. The molecular weight excluding hydrogens is 409 g/mol. The highest BCUT2D eigenvalue weighted by Gasteiger charge is 2.48. The molecule has 0 aliphatic rings. The van der Waals surface area contributed by atoms with Crippen LogP contribution in [0.15, 0.2) is 35.1 Å². The SMILES string of the molecule is CCOC(=O)/C=C(/CC/C=C(/CCC=C(C)C)CC(C)C)OS(=O)(=O)C(F)(F)F. The van der Waals surface area contributed by atoms with Crippen LogP contribution in [0.5, 0.6) is 0 Å². The van der Waals surface area contributed by atoms with Gasteiger partial charge in [0, 0.05) is 6.42 Å². The lowest BCUT2D eigenvalue weighted by atomic mass is 9.97. The molecule has 0 aromatic rings. The minimum atomic E-state index is -5.86. The van der Waals surface area contributed by atoms with E-state index < -0.39 is 27.4 Å². The largest absolute Gasteiger partial charge is 0.534 e. The molecule has 0 radical (unpaired) electrons. The summed E-state index contributed by atoms with van der Waals surface area (Å²) in [5.41, 5.74) is -3.27. The quantitative estimate of drug-likeness (QED) is 0.0958. The molecule has 0 saturated heterocycles. The van der Waals surface area contributed by atoms with Crippen molar-refractivity contribution in [1.29, 1.82) is 0 Å². The van der Waals surface area contributed by atoms with Crippen LogP contribution in [0.4, 0.5) is 13.2 Å². The summed E-state index contributed by atoms with van der Waals surface area (Å²) in [6, 6.07) is 0. The number of rotatable bonds is 12. The summed E-state index contributed by atoms with van der Waals surface area (Å²) in [5, 5.41) is 0. The minimum absolute atomic E-state index is 0.00254. The summed E-state index contributed by atoms with van der Waals surface area (Å²) in [6.07, 6.45) is 7.10. The van der Waals surface area contributed by atoms with Crippen LogP contribution < -0.4 is 0 Å². The lowest BCUT2D eigenvalue weighted by Crippen LogP contribution is -2.25. The van der Waals surface area contributed by atoms with E-state index in [1.807, 2.05) is 19.9 Å². The molecule has 0 fully saturated rings. The first-order valence-electron chi connectivity index (χ1n) is 9.47. The predicted molar refractivity (Wildman–Crippen MR) is 106 cm³/mol. The molecule has 0 aliphatic heterocycles. The Labute approximate surface area is 171 Å². The summed E-state index contributed by atoms with van der Waals surface area (Å²) in [5.74, 6) is -1.18. The van der Waals surface area contributed by atoms with Crippen LogP contribution in [0, 0.1) is 5.92 Å². The van der Waals surface area contributed by atoms with E-state index in [2.05, 4.69) is 28.8 Å². The second kappa shape index (κ2) is 12.7. The fourth-order valence-corrected chi connectivity index (χ4v) is 2.93. The molecule has 29 heavy (non-hydrogen) atoms. The van der Waals surface area contributed by atoms with E-state index in [0.29, 0.717) is 12.0 Å². The number of carbonyl (C=O) groups excluding carboxylic acids is 1. The fraction of sp³-hybridized carbons (Fsp3) is 0.650. The number of esters is 1. The Morgan fingerprint density at radius 1 is 1.07 bits per heavy atom. The molecule has 9 heteroatoms. The highest BCUT2D eigenvalue weighted by Crippen LogP contribution is 2.28. The lowest BCUT2D eigenvalue weighted by molar-refractivity contribution is -0.137. The number of halogens is 3. The topological polar surface area (TPSA) is 69.7 Å². The second-order valence-corrected chi connectivity index (χ2v) is 8.70. The van der Waals surface area contributed by atoms with Crippen molar-refractivity contribution in [3.8, 4) is 0 Å². The highest BCUT2D eigenvalue weighted by atomic mass is 32.2. The Bertz CT molecular complexity index is 713. The van der Waals surface area contributed by atoms with E-state index >= 15 is 0 Å². The van der Waals surface area contributed by atoms with E-state index in [9.17, 15) is 26.4 Å². The van der Waals surface area contributed by atoms with Crippen LogP contribution in [0.2, 0.25) is 0 Å². The summed E-state index contributed by atoms with van der Waals surface area (Å²) in [4.78, 5) is 11.6.